The van der Waals surface area contributed by atoms with E-state index in [0.717, 1.165) is 32.4 Å². The third-order valence-corrected chi connectivity index (χ3v) is 3.59. The second-order valence-corrected chi connectivity index (χ2v) is 4.78. The Hall–Kier alpha value is -0.650. The quantitative estimate of drug-likeness (QED) is 0.716. The van der Waals surface area contributed by atoms with Crippen LogP contribution in [0.5, 0.6) is 0 Å². The van der Waals surface area contributed by atoms with Crippen LogP contribution in [0, 0.1) is 0 Å². The Labute approximate surface area is 102 Å². The molecule has 17 heavy (non-hydrogen) atoms. The number of ether oxygens (including phenoxy) is 1. The van der Waals surface area contributed by atoms with Gasteiger partial charge in [0.2, 0.25) is 5.91 Å². The summed E-state index contributed by atoms with van der Waals surface area (Å²) in [7, 11) is 0. The summed E-state index contributed by atoms with van der Waals surface area (Å²) < 4.78 is 5.33. The molecule has 2 rings (SSSR count). The van der Waals surface area contributed by atoms with Gasteiger partial charge in [-0.3, -0.25) is 4.79 Å². The SMILES string of the molecule is O=C(C1COCCN1)N1CCCCC1CCO. The number of amides is 1. The maximum atomic E-state index is 12.3. The Kier molecular flexibility index (Phi) is 4.76. The molecule has 98 valence electrons. The first-order chi connectivity index (χ1) is 8.33. The molecule has 0 aromatic heterocycles. The van der Waals surface area contributed by atoms with Crippen molar-refractivity contribution in [2.45, 2.75) is 37.8 Å². The van der Waals surface area contributed by atoms with Crippen molar-refractivity contribution in [1.29, 1.82) is 0 Å². The van der Waals surface area contributed by atoms with Crippen molar-refractivity contribution in [3.05, 3.63) is 0 Å². The Morgan fingerprint density at radius 2 is 2.35 bits per heavy atom. The van der Waals surface area contributed by atoms with E-state index in [1.165, 1.54) is 0 Å². The number of carbonyl (C=O) groups is 1. The third-order valence-electron chi connectivity index (χ3n) is 3.59. The van der Waals surface area contributed by atoms with Gasteiger partial charge in [0.05, 0.1) is 13.2 Å². The zero-order valence-corrected chi connectivity index (χ0v) is 10.2. The van der Waals surface area contributed by atoms with Gasteiger partial charge < -0.3 is 20.1 Å². The highest BCUT2D eigenvalue weighted by atomic mass is 16.5. The lowest BCUT2D eigenvalue weighted by atomic mass is 9.98. The minimum Gasteiger partial charge on any atom is -0.396 e. The lowest BCUT2D eigenvalue weighted by molar-refractivity contribution is -0.140. The molecule has 2 aliphatic rings. The van der Waals surface area contributed by atoms with Gasteiger partial charge in [0.25, 0.3) is 0 Å². The normalized spacial score (nSPS) is 30.3. The molecule has 0 saturated carbocycles. The fourth-order valence-corrected chi connectivity index (χ4v) is 2.66. The standard InChI is InChI=1S/C12H22N2O3/c15-7-4-10-3-1-2-6-14(10)12(16)11-9-17-8-5-13-11/h10-11,13,15H,1-9H2. The summed E-state index contributed by atoms with van der Waals surface area (Å²) in [5, 5.41) is 12.3. The van der Waals surface area contributed by atoms with E-state index in [0.29, 0.717) is 19.6 Å². The number of nitrogens with one attached hydrogen (secondary N) is 1. The molecule has 0 aliphatic carbocycles. The highest BCUT2D eigenvalue weighted by Gasteiger charge is 2.31. The molecular weight excluding hydrogens is 220 g/mol. The number of likely N-dealkylation sites (tertiary alicyclic amines) is 1. The topological polar surface area (TPSA) is 61.8 Å². The Bertz CT molecular complexity index is 252. The molecule has 0 aromatic carbocycles. The Morgan fingerprint density at radius 3 is 3.06 bits per heavy atom. The van der Waals surface area contributed by atoms with Gasteiger partial charge in [0, 0.05) is 25.7 Å². The van der Waals surface area contributed by atoms with Crippen LogP contribution in [-0.4, -0.2) is 60.9 Å². The zero-order chi connectivity index (χ0) is 12.1. The van der Waals surface area contributed by atoms with Crippen molar-refractivity contribution in [2.75, 3.05) is 32.9 Å². The van der Waals surface area contributed by atoms with Crippen molar-refractivity contribution in [2.24, 2.45) is 0 Å². The molecule has 2 heterocycles. The molecule has 2 atom stereocenters. The van der Waals surface area contributed by atoms with Gasteiger partial charge >= 0.3 is 0 Å². The van der Waals surface area contributed by atoms with Gasteiger partial charge in [0.15, 0.2) is 0 Å². The van der Waals surface area contributed by atoms with Crippen LogP contribution in [0.3, 0.4) is 0 Å². The van der Waals surface area contributed by atoms with Crippen LogP contribution in [-0.2, 0) is 9.53 Å². The summed E-state index contributed by atoms with van der Waals surface area (Å²) in [5.74, 6) is 0.142. The van der Waals surface area contributed by atoms with Crippen LogP contribution in [0.15, 0.2) is 0 Å². The lowest BCUT2D eigenvalue weighted by Gasteiger charge is -2.38. The first kappa shape index (κ1) is 12.8. The van der Waals surface area contributed by atoms with Gasteiger partial charge in [0.1, 0.15) is 6.04 Å². The molecule has 0 bridgehead atoms. The molecule has 2 saturated heterocycles. The smallest absolute Gasteiger partial charge is 0.242 e. The third kappa shape index (κ3) is 3.18. The molecule has 2 fully saturated rings. The van der Waals surface area contributed by atoms with Gasteiger partial charge in [-0.15, -0.1) is 0 Å². The van der Waals surface area contributed by atoms with Crippen LogP contribution in [0.4, 0.5) is 0 Å². The predicted molar refractivity (Wildman–Crippen MR) is 63.7 cm³/mol. The summed E-state index contributed by atoms with van der Waals surface area (Å²) in [4.78, 5) is 14.3. The number of carbonyl (C=O) groups excluding carboxylic acids is 1. The molecular formula is C12H22N2O3. The highest BCUT2D eigenvalue weighted by Crippen LogP contribution is 2.20. The molecule has 2 unspecified atom stereocenters. The average molecular weight is 242 g/mol. The van der Waals surface area contributed by atoms with Crippen molar-refractivity contribution in [1.82, 2.24) is 10.2 Å². The predicted octanol–water partition coefficient (Wildman–Crippen LogP) is -0.262. The van der Waals surface area contributed by atoms with Gasteiger partial charge in [-0.25, -0.2) is 0 Å². The summed E-state index contributed by atoms with van der Waals surface area (Å²) in [6.07, 6.45) is 3.93. The van der Waals surface area contributed by atoms with Gasteiger partial charge in [-0.2, -0.15) is 0 Å². The van der Waals surface area contributed by atoms with Crippen LogP contribution in [0.25, 0.3) is 0 Å². The molecule has 5 heteroatoms. The molecule has 2 N–H and O–H groups in total. The first-order valence-corrected chi connectivity index (χ1v) is 6.55. The molecule has 1 amide bonds. The van der Waals surface area contributed by atoms with E-state index in [2.05, 4.69) is 5.32 Å². The van der Waals surface area contributed by atoms with Crippen LogP contribution >= 0.6 is 0 Å². The van der Waals surface area contributed by atoms with Crippen LogP contribution < -0.4 is 5.32 Å². The van der Waals surface area contributed by atoms with Crippen molar-refractivity contribution < 1.29 is 14.6 Å². The number of aliphatic hydroxyl groups is 1. The highest BCUT2D eigenvalue weighted by molar-refractivity contribution is 5.82. The largest absolute Gasteiger partial charge is 0.396 e. The molecule has 2 aliphatic heterocycles. The molecule has 0 spiro atoms. The van der Waals surface area contributed by atoms with E-state index in [1.54, 1.807) is 0 Å². The van der Waals surface area contributed by atoms with E-state index >= 15 is 0 Å². The number of hydrogen-bond acceptors (Lipinski definition) is 4. The lowest BCUT2D eigenvalue weighted by Crippen LogP contribution is -2.56. The van der Waals surface area contributed by atoms with Gasteiger partial charge in [-0.1, -0.05) is 0 Å². The summed E-state index contributed by atoms with van der Waals surface area (Å²) in [6.45, 7) is 2.88. The minimum atomic E-state index is -0.192. The zero-order valence-electron chi connectivity index (χ0n) is 10.2. The minimum absolute atomic E-state index is 0.142. The Balaban J connectivity index is 1.94. The summed E-state index contributed by atoms with van der Waals surface area (Å²) in [5.41, 5.74) is 0. The van der Waals surface area contributed by atoms with Crippen LogP contribution in [0.1, 0.15) is 25.7 Å². The number of piperidine rings is 1. The van der Waals surface area contributed by atoms with Gasteiger partial charge in [-0.05, 0) is 25.7 Å². The molecule has 0 radical (unpaired) electrons. The Morgan fingerprint density at radius 1 is 1.47 bits per heavy atom. The summed E-state index contributed by atoms with van der Waals surface area (Å²) >= 11 is 0. The van der Waals surface area contributed by atoms with Crippen molar-refractivity contribution in [3.63, 3.8) is 0 Å². The maximum Gasteiger partial charge on any atom is 0.242 e. The molecule has 0 aromatic rings. The second kappa shape index (κ2) is 6.33. The van der Waals surface area contributed by atoms with E-state index < -0.39 is 0 Å². The number of morpholine rings is 1. The van der Waals surface area contributed by atoms with E-state index in [4.69, 9.17) is 9.84 Å². The number of rotatable bonds is 3. The molecule has 5 nitrogen and oxygen atoms in total. The average Bonchev–Trinajstić information content (AvgIpc) is 2.40. The monoisotopic (exact) mass is 242 g/mol. The number of aliphatic hydroxyl groups excluding tert-OH is 1. The maximum absolute atomic E-state index is 12.3. The van der Waals surface area contributed by atoms with E-state index in [9.17, 15) is 4.79 Å². The van der Waals surface area contributed by atoms with Crippen molar-refractivity contribution >= 4 is 5.91 Å². The second-order valence-electron chi connectivity index (χ2n) is 4.78. The fraction of sp³-hybridized carbons (Fsp3) is 0.917. The van der Waals surface area contributed by atoms with Crippen molar-refractivity contribution in [3.8, 4) is 0 Å². The first-order valence-electron chi connectivity index (χ1n) is 6.55. The summed E-state index contributed by atoms with van der Waals surface area (Å²) in [6, 6.07) is 0.0213. The van der Waals surface area contributed by atoms with E-state index in [-0.39, 0.29) is 24.6 Å². The number of hydrogen-bond donors (Lipinski definition) is 2. The fourth-order valence-electron chi connectivity index (χ4n) is 2.66. The number of nitrogens with zero attached hydrogens (tertiary/aromatic N) is 1. The van der Waals surface area contributed by atoms with E-state index in [1.807, 2.05) is 4.90 Å². The van der Waals surface area contributed by atoms with Crippen LogP contribution in [0.2, 0.25) is 0 Å².